The summed E-state index contributed by atoms with van der Waals surface area (Å²) in [5.74, 6) is -0.152. The predicted octanol–water partition coefficient (Wildman–Crippen LogP) is 6.69. The van der Waals surface area contributed by atoms with Gasteiger partial charge in [0, 0.05) is 27.4 Å². The number of halogens is 2. The number of nitrogens with one attached hydrogen (secondary N) is 2. The standard InChI is InChI=1S/C28H36Cl2N2O2/c1-19(31-26(34)28(16-6-5-7-17-28)32-25(33)27(2,3)4)24(21-10-14-23(30)15-11-21)18-20-8-12-22(29)13-9-20/h8-15,19,24H,5-7,16-18H2,1-4H3,(H,31,34)(H,32,33). The maximum Gasteiger partial charge on any atom is 0.245 e. The van der Waals surface area contributed by atoms with E-state index in [0.717, 1.165) is 36.8 Å². The number of benzene rings is 2. The fourth-order valence-corrected chi connectivity index (χ4v) is 4.83. The molecule has 3 rings (SSSR count). The second kappa shape index (κ2) is 11.1. The molecule has 1 saturated carbocycles. The molecule has 1 aliphatic rings. The number of carbonyl (C=O) groups is 2. The molecule has 1 aliphatic carbocycles. The van der Waals surface area contributed by atoms with Gasteiger partial charge < -0.3 is 10.6 Å². The van der Waals surface area contributed by atoms with Crippen molar-refractivity contribution in [2.24, 2.45) is 5.41 Å². The maximum absolute atomic E-state index is 13.7. The first-order valence-corrected chi connectivity index (χ1v) is 12.9. The zero-order chi connectivity index (χ0) is 24.9. The molecule has 34 heavy (non-hydrogen) atoms. The van der Waals surface area contributed by atoms with Crippen LogP contribution in [0.5, 0.6) is 0 Å². The molecular weight excluding hydrogens is 467 g/mol. The van der Waals surface area contributed by atoms with Crippen LogP contribution in [-0.4, -0.2) is 23.4 Å². The average molecular weight is 504 g/mol. The molecule has 2 N–H and O–H groups in total. The van der Waals surface area contributed by atoms with Gasteiger partial charge in [-0.25, -0.2) is 0 Å². The summed E-state index contributed by atoms with van der Waals surface area (Å²) in [6.07, 6.45) is 5.00. The van der Waals surface area contributed by atoms with Gasteiger partial charge in [0.15, 0.2) is 0 Å². The minimum Gasteiger partial charge on any atom is -0.351 e. The average Bonchev–Trinajstić information content (AvgIpc) is 2.79. The highest BCUT2D eigenvalue weighted by Gasteiger charge is 2.43. The Bertz CT molecular complexity index is 975. The molecule has 6 heteroatoms. The van der Waals surface area contributed by atoms with E-state index in [1.165, 1.54) is 0 Å². The summed E-state index contributed by atoms with van der Waals surface area (Å²) in [4.78, 5) is 26.6. The minimum atomic E-state index is -0.859. The Morgan fingerprint density at radius 2 is 1.44 bits per heavy atom. The highest BCUT2D eigenvalue weighted by molar-refractivity contribution is 6.30. The van der Waals surface area contributed by atoms with Crippen LogP contribution in [0.1, 0.15) is 76.8 Å². The van der Waals surface area contributed by atoms with E-state index in [2.05, 4.69) is 10.6 Å². The van der Waals surface area contributed by atoms with E-state index in [1.807, 2.05) is 76.2 Å². The molecule has 0 bridgehead atoms. The van der Waals surface area contributed by atoms with Crippen molar-refractivity contribution < 1.29 is 9.59 Å². The molecule has 0 heterocycles. The van der Waals surface area contributed by atoms with Gasteiger partial charge in [0.2, 0.25) is 11.8 Å². The monoisotopic (exact) mass is 502 g/mol. The van der Waals surface area contributed by atoms with Crippen LogP contribution in [0.3, 0.4) is 0 Å². The molecule has 2 amide bonds. The molecule has 184 valence electrons. The van der Waals surface area contributed by atoms with E-state index in [9.17, 15) is 9.59 Å². The Morgan fingerprint density at radius 1 is 0.912 bits per heavy atom. The number of hydrogen-bond acceptors (Lipinski definition) is 2. The van der Waals surface area contributed by atoms with Crippen LogP contribution in [0, 0.1) is 5.41 Å². The molecular formula is C28H36Cl2N2O2. The van der Waals surface area contributed by atoms with E-state index in [0.29, 0.717) is 22.9 Å². The molecule has 0 aromatic heterocycles. The van der Waals surface area contributed by atoms with Crippen LogP contribution < -0.4 is 10.6 Å². The normalized spacial score (nSPS) is 17.5. The van der Waals surface area contributed by atoms with E-state index in [-0.39, 0.29) is 23.8 Å². The Morgan fingerprint density at radius 3 is 1.97 bits per heavy atom. The molecule has 1 fully saturated rings. The molecule has 0 spiro atoms. The van der Waals surface area contributed by atoms with Crippen molar-refractivity contribution in [3.63, 3.8) is 0 Å². The third-order valence-electron chi connectivity index (χ3n) is 6.81. The Kier molecular flexibility index (Phi) is 8.70. The van der Waals surface area contributed by atoms with E-state index >= 15 is 0 Å². The second-order valence-corrected chi connectivity index (χ2v) is 11.5. The molecule has 2 aromatic carbocycles. The smallest absolute Gasteiger partial charge is 0.245 e. The molecule has 0 aliphatic heterocycles. The summed E-state index contributed by atoms with van der Waals surface area (Å²) < 4.78 is 0. The van der Waals surface area contributed by atoms with Crippen molar-refractivity contribution in [2.75, 3.05) is 0 Å². The third kappa shape index (κ3) is 6.76. The largest absolute Gasteiger partial charge is 0.351 e. The predicted molar refractivity (Wildman–Crippen MR) is 140 cm³/mol. The summed E-state index contributed by atoms with van der Waals surface area (Å²) in [5, 5.41) is 7.79. The Labute approximate surface area is 213 Å². The third-order valence-corrected chi connectivity index (χ3v) is 7.31. The van der Waals surface area contributed by atoms with Crippen molar-refractivity contribution in [2.45, 2.75) is 83.7 Å². The Balaban J connectivity index is 1.84. The van der Waals surface area contributed by atoms with Gasteiger partial charge in [0.1, 0.15) is 5.54 Å². The van der Waals surface area contributed by atoms with E-state index in [1.54, 1.807) is 0 Å². The van der Waals surface area contributed by atoms with E-state index < -0.39 is 11.0 Å². The summed E-state index contributed by atoms with van der Waals surface area (Å²) >= 11 is 12.2. The lowest BCUT2D eigenvalue weighted by molar-refractivity contribution is -0.139. The van der Waals surface area contributed by atoms with Crippen molar-refractivity contribution >= 4 is 35.0 Å². The van der Waals surface area contributed by atoms with Crippen LogP contribution in [0.4, 0.5) is 0 Å². The lowest BCUT2D eigenvalue weighted by Gasteiger charge is -2.40. The fourth-order valence-electron chi connectivity index (χ4n) is 4.58. The van der Waals surface area contributed by atoms with Gasteiger partial charge in [-0.2, -0.15) is 0 Å². The molecule has 0 radical (unpaired) electrons. The maximum atomic E-state index is 13.7. The zero-order valence-electron chi connectivity index (χ0n) is 20.6. The molecule has 2 aromatic rings. The van der Waals surface area contributed by atoms with E-state index in [4.69, 9.17) is 23.2 Å². The van der Waals surface area contributed by atoms with Crippen molar-refractivity contribution in [1.82, 2.24) is 10.6 Å². The van der Waals surface area contributed by atoms with Gasteiger partial charge in [0.25, 0.3) is 0 Å². The van der Waals surface area contributed by atoms with Crippen molar-refractivity contribution in [3.8, 4) is 0 Å². The van der Waals surface area contributed by atoms with Crippen LogP contribution in [-0.2, 0) is 16.0 Å². The lowest BCUT2D eigenvalue weighted by atomic mass is 9.79. The zero-order valence-corrected chi connectivity index (χ0v) is 22.1. The first-order chi connectivity index (χ1) is 16.0. The van der Waals surface area contributed by atoms with Crippen LogP contribution in [0.15, 0.2) is 48.5 Å². The van der Waals surface area contributed by atoms with Crippen molar-refractivity contribution in [1.29, 1.82) is 0 Å². The van der Waals surface area contributed by atoms with Gasteiger partial charge in [-0.1, -0.05) is 87.5 Å². The fraction of sp³-hybridized carbons (Fsp3) is 0.500. The minimum absolute atomic E-state index is 0.0290. The first-order valence-electron chi connectivity index (χ1n) is 12.1. The van der Waals surface area contributed by atoms with Crippen molar-refractivity contribution in [3.05, 3.63) is 69.7 Å². The number of hydrogen-bond donors (Lipinski definition) is 2. The van der Waals surface area contributed by atoms with Crippen LogP contribution in [0.25, 0.3) is 0 Å². The summed E-state index contributed by atoms with van der Waals surface area (Å²) in [6.45, 7) is 7.67. The summed E-state index contributed by atoms with van der Waals surface area (Å²) in [6, 6.07) is 15.5. The topological polar surface area (TPSA) is 58.2 Å². The molecule has 4 nitrogen and oxygen atoms in total. The Hall–Kier alpha value is -2.04. The lowest BCUT2D eigenvalue weighted by Crippen LogP contribution is -2.62. The van der Waals surface area contributed by atoms with Gasteiger partial charge >= 0.3 is 0 Å². The second-order valence-electron chi connectivity index (χ2n) is 10.6. The number of amides is 2. The van der Waals surface area contributed by atoms with Gasteiger partial charge in [0.05, 0.1) is 0 Å². The quantitative estimate of drug-likeness (QED) is 0.442. The highest BCUT2D eigenvalue weighted by atomic mass is 35.5. The molecule has 2 unspecified atom stereocenters. The highest BCUT2D eigenvalue weighted by Crippen LogP contribution is 2.32. The summed E-state index contributed by atoms with van der Waals surface area (Å²) in [7, 11) is 0. The van der Waals surface area contributed by atoms with Gasteiger partial charge in [-0.05, 0) is 61.6 Å². The summed E-state index contributed by atoms with van der Waals surface area (Å²) in [5.41, 5.74) is 0.820. The van der Waals surface area contributed by atoms with Gasteiger partial charge in [-0.15, -0.1) is 0 Å². The molecule has 2 atom stereocenters. The first kappa shape index (κ1) is 26.6. The SMILES string of the molecule is CC(NC(=O)C1(NC(=O)C(C)(C)C)CCCCC1)C(Cc1ccc(Cl)cc1)c1ccc(Cl)cc1. The van der Waals surface area contributed by atoms with Gasteiger partial charge in [-0.3, -0.25) is 9.59 Å². The number of carbonyl (C=O) groups excluding carboxylic acids is 2. The molecule has 0 saturated heterocycles. The van der Waals surface area contributed by atoms with Crippen LogP contribution in [0.2, 0.25) is 10.0 Å². The van der Waals surface area contributed by atoms with Crippen LogP contribution >= 0.6 is 23.2 Å². The number of rotatable bonds is 7.